The second kappa shape index (κ2) is 3.78. The third-order valence-corrected chi connectivity index (χ3v) is 2.09. The van der Waals surface area contributed by atoms with Gasteiger partial charge >= 0.3 is 0 Å². The molecule has 4 heteroatoms. The van der Waals surface area contributed by atoms with Crippen molar-refractivity contribution < 1.29 is 5.11 Å². The monoisotopic (exact) mass is 202 g/mol. The highest BCUT2D eigenvalue weighted by molar-refractivity contribution is 6.42. The van der Waals surface area contributed by atoms with Crippen LogP contribution in [-0.4, -0.2) is 5.90 Å². The highest BCUT2D eigenvalue weighted by atomic mass is 35.5. The van der Waals surface area contributed by atoms with E-state index in [0.29, 0.717) is 15.6 Å². The molecule has 0 saturated heterocycles. The molecule has 0 aliphatic rings. The SMILES string of the molecule is N=C([O-])Cc1ccc(Cl)c(Cl)c1. The molecule has 0 saturated carbocycles. The van der Waals surface area contributed by atoms with Gasteiger partial charge in [0, 0.05) is 0 Å². The third-order valence-electron chi connectivity index (χ3n) is 1.35. The van der Waals surface area contributed by atoms with Gasteiger partial charge in [0.1, 0.15) is 0 Å². The summed E-state index contributed by atoms with van der Waals surface area (Å²) in [5, 5.41) is 18.0. The van der Waals surface area contributed by atoms with Gasteiger partial charge in [0.15, 0.2) is 0 Å². The Morgan fingerprint density at radius 3 is 2.50 bits per heavy atom. The average Bonchev–Trinajstić information content (AvgIpc) is 1.96. The molecular weight excluding hydrogens is 197 g/mol. The number of hydrogen-bond donors (Lipinski definition) is 1. The Morgan fingerprint density at radius 1 is 1.33 bits per heavy atom. The van der Waals surface area contributed by atoms with E-state index in [9.17, 15) is 5.11 Å². The van der Waals surface area contributed by atoms with E-state index >= 15 is 0 Å². The van der Waals surface area contributed by atoms with Crippen molar-refractivity contribution in [3.05, 3.63) is 33.8 Å². The van der Waals surface area contributed by atoms with Crippen molar-refractivity contribution in [2.24, 2.45) is 0 Å². The zero-order valence-electron chi connectivity index (χ0n) is 6.10. The Labute approximate surface area is 80.2 Å². The van der Waals surface area contributed by atoms with Gasteiger partial charge in [-0.15, -0.1) is 0 Å². The predicted octanol–water partition coefficient (Wildman–Crippen LogP) is 1.87. The Kier molecular flexibility index (Phi) is 2.95. The topological polar surface area (TPSA) is 46.9 Å². The van der Waals surface area contributed by atoms with E-state index in [4.69, 9.17) is 28.6 Å². The number of rotatable bonds is 2. The van der Waals surface area contributed by atoms with Crippen LogP contribution in [0.2, 0.25) is 10.0 Å². The molecule has 0 unspecified atom stereocenters. The largest absolute Gasteiger partial charge is 0.862 e. The summed E-state index contributed by atoms with van der Waals surface area (Å²) in [4.78, 5) is 0. The molecule has 1 aromatic rings. The highest BCUT2D eigenvalue weighted by Crippen LogP contribution is 2.22. The zero-order chi connectivity index (χ0) is 9.14. The van der Waals surface area contributed by atoms with Gasteiger partial charge in [0.05, 0.1) is 10.0 Å². The zero-order valence-corrected chi connectivity index (χ0v) is 7.62. The van der Waals surface area contributed by atoms with Gasteiger partial charge in [-0.1, -0.05) is 29.3 Å². The minimum Gasteiger partial charge on any atom is -0.862 e. The van der Waals surface area contributed by atoms with Crippen LogP contribution in [0.4, 0.5) is 0 Å². The van der Waals surface area contributed by atoms with Crippen molar-refractivity contribution in [3.8, 4) is 0 Å². The number of nitrogens with one attached hydrogen (secondary N) is 1. The maximum absolute atomic E-state index is 10.4. The molecule has 1 aromatic carbocycles. The summed E-state index contributed by atoms with van der Waals surface area (Å²) < 4.78 is 0. The molecule has 0 aliphatic heterocycles. The van der Waals surface area contributed by atoms with Crippen LogP contribution in [-0.2, 0) is 6.42 Å². The van der Waals surface area contributed by atoms with E-state index in [0.717, 1.165) is 0 Å². The maximum atomic E-state index is 10.4. The van der Waals surface area contributed by atoms with Gasteiger partial charge in [-0.3, -0.25) is 0 Å². The average molecular weight is 203 g/mol. The van der Waals surface area contributed by atoms with Crippen LogP contribution in [0.5, 0.6) is 0 Å². The van der Waals surface area contributed by atoms with E-state index < -0.39 is 5.90 Å². The molecule has 0 bridgehead atoms. The molecule has 0 atom stereocenters. The first kappa shape index (κ1) is 9.36. The molecule has 0 spiro atoms. The Bertz CT molecular complexity index is 312. The fraction of sp³-hybridized carbons (Fsp3) is 0.125. The maximum Gasteiger partial charge on any atom is 0.0595 e. The van der Waals surface area contributed by atoms with Gasteiger partial charge in [-0.05, 0) is 30.0 Å². The van der Waals surface area contributed by atoms with Crippen LogP contribution in [0.1, 0.15) is 5.56 Å². The van der Waals surface area contributed by atoms with Crippen LogP contribution >= 0.6 is 23.2 Å². The number of hydrogen-bond acceptors (Lipinski definition) is 2. The number of benzene rings is 1. The molecule has 64 valence electrons. The van der Waals surface area contributed by atoms with Crippen molar-refractivity contribution in [1.82, 2.24) is 0 Å². The molecule has 2 nitrogen and oxygen atoms in total. The molecular formula is C8H6Cl2NO-. The minimum atomic E-state index is -0.631. The lowest BCUT2D eigenvalue weighted by Gasteiger charge is -2.07. The van der Waals surface area contributed by atoms with Crippen molar-refractivity contribution in [2.45, 2.75) is 6.42 Å². The van der Waals surface area contributed by atoms with Crippen molar-refractivity contribution in [1.29, 1.82) is 5.41 Å². The molecule has 12 heavy (non-hydrogen) atoms. The predicted molar refractivity (Wildman–Crippen MR) is 47.9 cm³/mol. The molecule has 0 aliphatic carbocycles. The lowest BCUT2D eigenvalue weighted by atomic mass is 10.1. The van der Waals surface area contributed by atoms with E-state index in [1.54, 1.807) is 18.2 Å². The second-order valence-electron chi connectivity index (χ2n) is 2.35. The van der Waals surface area contributed by atoms with E-state index in [-0.39, 0.29) is 6.42 Å². The first-order chi connectivity index (χ1) is 5.59. The van der Waals surface area contributed by atoms with E-state index in [1.165, 1.54) is 0 Å². The lowest BCUT2D eigenvalue weighted by molar-refractivity contribution is -0.219. The van der Waals surface area contributed by atoms with Gasteiger partial charge < -0.3 is 10.5 Å². The minimum absolute atomic E-state index is 0.0802. The summed E-state index contributed by atoms with van der Waals surface area (Å²) in [6.45, 7) is 0. The molecule has 1 rings (SSSR count). The summed E-state index contributed by atoms with van der Waals surface area (Å²) in [5.41, 5.74) is 0.712. The Hall–Kier alpha value is -0.730. The van der Waals surface area contributed by atoms with Crippen molar-refractivity contribution in [3.63, 3.8) is 0 Å². The van der Waals surface area contributed by atoms with Crippen molar-refractivity contribution >= 4 is 29.1 Å². The second-order valence-corrected chi connectivity index (χ2v) is 3.16. The van der Waals surface area contributed by atoms with E-state index in [1.807, 2.05) is 0 Å². The van der Waals surface area contributed by atoms with Gasteiger partial charge in [-0.25, -0.2) is 0 Å². The number of halogens is 2. The fourth-order valence-electron chi connectivity index (χ4n) is 0.835. The highest BCUT2D eigenvalue weighted by Gasteiger charge is 1.98. The van der Waals surface area contributed by atoms with Gasteiger partial charge in [0.25, 0.3) is 0 Å². The Morgan fingerprint density at radius 2 is 2.00 bits per heavy atom. The normalized spacial score (nSPS) is 9.83. The molecule has 1 N–H and O–H groups in total. The lowest BCUT2D eigenvalue weighted by Crippen LogP contribution is -2.18. The quantitative estimate of drug-likeness (QED) is 0.578. The van der Waals surface area contributed by atoms with Gasteiger partial charge in [-0.2, -0.15) is 0 Å². The summed E-state index contributed by atoms with van der Waals surface area (Å²) in [6.07, 6.45) is 0.0802. The van der Waals surface area contributed by atoms with Crippen molar-refractivity contribution in [2.75, 3.05) is 0 Å². The molecule has 0 aromatic heterocycles. The standard InChI is InChI=1S/C8H7Cl2NO/c9-6-2-1-5(3-7(6)10)4-8(11)12/h1-3H,4H2,(H2,11,12)/p-1. The summed E-state index contributed by atoms with van der Waals surface area (Å²) in [7, 11) is 0. The fourth-order valence-corrected chi connectivity index (χ4v) is 1.16. The molecule has 0 heterocycles. The van der Waals surface area contributed by atoms with E-state index in [2.05, 4.69) is 0 Å². The summed E-state index contributed by atoms with van der Waals surface area (Å²) in [5.74, 6) is -0.631. The molecule has 0 amide bonds. The molecule has 0 fully saturated rings. The smallest absolute Gasteiger partial charge is 0.0595 e. The molecule has 0 radical (unpaired) electrons. The Balaban J connectivity index is 2.89. The van der Waals surface area contributed by atoms with Crippen LogP contribution < -0.4 is 5.11 Å². The van der Waals surface area contributed by atoms with Crippen LogP contribution in [0, 0.1) is 5.41 Å². The van der Waals surface area contributed by atoms with Gasteiger partial charge in [0.2, 0.25) is 0 Å². The first-order valence-electron chi connectivity index (χ1n) is 3.28. The first-order valence-corrected chi connectivity index (χ1v) is 4.03. The van der Waals surface area contributed by atoms with Crippen LogP contribution in [0.15, 0.2) is 18.2 Å². The summed E-state index contributed by atoms with van der Waals surface area (Å²) in [6, 6.07) is 4.89. The summed E-state index contributed by atoms with van der Waals surface area (Å²) >= 11 is 11.3. The van der Waals surface area contributed by atoms with Crippen LogP contribution in [0.3, 0.4) is 0 Å². The third kappa shape index (κ3) is 2.40. The van der Waals surface area contributed by atoms with Crippen LogP contribution in [0.25, 0.3) is 0 Å².